The molecule has 0 saturated heterocycles. The smallest absolute Gasteiger partial charge is 0.292 e. The Bertz CT molecular complexity index is 513. The number of aromatic nitrogens is 1. The molecule has 0 aliphatic rings. The van der Waals surface area contributed by atoms with Crippen LogP contribution in [-0.2, 0) is 0 Å². The summed E-state index contributed by atoms with van der Waals surface area (Å²) in [5.41, 5.74) is 6.05. The summed E-state index contributed by atoms with van der Waals surface area (Å²) < 4.78 is 18.0. The molecule has 0 atom stereocenters. The molecule has 78 valence electrons. The van der Waals surface area contributed by atoms with Gasteiger partial charge in [0.15, 0.2) is 0 Å². The number of hydrogen-bond acceptors (Lipinski definition) is 3. The minimum absolute atomic E-state index is 0.00331. The highest BCUT2D eigenvalue weighted by atomic mass is 35.5. The number of nitrogen functional groups attached to an aromatic ring is 1. The van der Waals surface area contributed by atoms with Gasteiger partial charge in [-0.05, 0) is 12.1 Å². The Kier molecular flexibility index (Phi) is 2.54. The number of oxazole rings is 1. The lowest BCUT2D eigenvalue weighted by Crippen LogP contribution is -1.86. The maximum Gasteiger partial charge on any atom is 0.292 e. The summed E-state index contributed by atoms with van der Waals surface area (Å²) in [6.07, 6.45) is 1.30. The molecule has 2 rings (SSSR count). The van der Waals surface area contributed by atoms with Crippen molar-refractivity contribution in [2.24, 2.45) is 0 Å². The molecule has 0 unspecified atom stereocenters. The van der Waals surface area contributed by atoms with Gasteiger partial charge in [0.25, 0.3) is 6.01 Å². The molecule has 0 spiro atoms. The van der Waals surface area contributed by atoms with Gasteiger partial charge in [-0.2, -0.15) is 4.98 Å². The van der Waals surface area contributed by atoms with E-state index in [1.807, 2.05) is 0 Å². The Morgan fingerprint density at radius 2 is 2.00 bits per heavy atom. The number of nitrogens with two attached hydrogens (primary N) is 1. The van der Waals surface area contributed by atoms with Gasteiger partial charge in [0, 0.05) is 5.56 Å². The summed E-state index contributed by atoms with van der Waals surface area (Å²) in [5.74, 6) is -0.572. The molecule has 1 aromatic heterocycles. The van der Waals surface area contributed by atoms with E-state index in [1.165, 1.54) is 18.4 Å². The van der Waals surface area contributed by atoms with Crippen LogP contribution in [0.3, 0.4) is 0 Å². The predicted molar refractivity (Wildman–Crippen MR) is 56.3 cm³/mol. The molecule has 3 nitrogen and oxygen atoms in total. The van der Waals surface area contributed by atoms with E-state index >= 15 is 0 Å². The number of nitrogens with zero attached hydrogens (tertiary/aromatic N) is 1. The molecule has 0 aliphatic carbocycles. The summed E-state index contributed by atoms with van der Waals surface area (Å²) in [4.78, 5) is 3.83. The average Bonchev–Trinajstić information content (AvgIpc) is 2.58. The van der Waals surface area contributed by atoms with E-state index in [2.05, 4.69) is 4.98 Å². The first-order valence-electron chi connectivity index (χ1n) is 3.94. The summed E-state index contributed by atoms with van der Waals surface area (Å²) in [5, 5.41) is 0.245. The molecule has 0 radical (unpaired) electrons. The lowest BCUT2D eigenvalue weighted by molar-refractivity contribution is 0.581. The monoisotopic (exact) mass is 246 g/mol. The van der Waals surface area contributed by atoms with E-state index in [9.17, 15) is 4.39 Å². The van der Waals surface area contributed by atoms with E-state index < -0.39 is 5.82 Å². The molecule has 0 bridgehead atoms. The zero-order chi connectivity index (χ0) is 11.0. The third-order valence-electron chi connectivity index (χ3n) is 1.81. The first-order chi connectivity index (χ1) is 7.08. The van der Waals surface area contributed by atoms with Crippen molar-refractivity contribution in [2.45, 2.75) is 0 Å². The second kappa shape index (κ2) is 3.72. The fourth-order valence-electron chi connectivity index (χ4n) is 1.13. The summed E-state index contributed by atoms with van der Waals surface area (Å²) in [7, 11) is 0. The first kappa shape index (κ1) is 10.3. The van der Waals surface area contributed by atoms with Crippen molar-refractivity contribution in [3.63, 3.8) is 0 Å². The van der Waals surface area contributed by atoms with Gasteiger partial charge in [-0.3, -0.25) is 0 Å². The van der Waals surface area contributed by atoms with Crippen LogP contribution in [0.1, 0.15) is 0 Å². The SMILES string of the molecule is Nc1nc(-c2cc(F)c(Cl)cc2Cl)co1. The van der Waals surface area contributed by atoms with E-state index in [-0.39, 0.29) is 16.1 Å². The zero-order valence-electron chi connectivity index (χ0n) is 7.30. The molecular formula is C9H5Cl2FN2O. The first-order valence-corrected chi connectivity index (χ1v) is 4.69. The Morgan fingerprint density at radius 3 is 2.60 bits per heavy atom. The van der Waals surface area contributed by atoms with Gasteiger partial charge < -0.3 is 10.2 Å². The molecule has 15 heavy (non-hydrogen) atoms. The molecule has 0 aliphatic heterocycles. The van der Waals surface area contributed by atoms with Crippen LogP contribution < -0.4 is 5.73 Å². The Hall–Kier alpha value is -1.26. The van der Waals surface area contributed by atoms with Gasteiger partial charge >= 0.3 is 0 Å². The van der Waals surface area contributed by atoms with E-state index in [0.29, 0.717) is 11.3 Å². The minimum atomic E-state index is -0.572. The molecule has 2 N–H and O–H groups in total. The fourth-order valence-corrected chi connectivity index (χ4v) is 1.61. The number of benzene rings is 1. The van der Waals surface area contributed by atoms with Crippen molar-refractivity contribution >= 4 is 29.2 Å². The average molecular weight is 247 g/mol. The topological polar surface area (TPSA) is 52.0 Å². The molecule has 6 heteroatoms. The fraction of sp³-hybridized carbons (Fsp3) is 0. The van der Waals surface area contributed by atoms with Crippen LogP contribution in [0.5, 0.6) is 0 Å². The largest absolute Gasteiger partial charge is 0.432 e. The molecule has 0 fully saturated rings. The number of hydrogen-bond donors (Lipinski definition) is 1. The van der Waals surface area contributed by atoms with Crippen LogP contribution in [0.2, 0.25) is 10.0 Å². The van der Waals surface area contributed by atoms with Gasteiger partial charge in [0.2, 0.25) is 0 Å². The highest BCUT2D eigenvalue weighted by Crippen LogP contribution is 2.31. The highest BCUT2D eigenvalue weighted by molar-refractivity contribution is 6.36. The second-order valence-electron chi connectivity index (χ2n) is 2.82. The van der Waals surface area contributed by atoms with E-state index in [0.717, 1.165) is 0 Å². The van der Waals surface area contributed by atoms with Crippen molar-refractivity contribution in [3.05, 3.63) is 34.3 Å². The van der Waals surface area contributed by atoms with Crippen molar-refractivity contribution in [1.82, 2.24) is 4.98 Å². The summed E-state index contributed by atoms with van der Waals surface area (Å²) >= 11 is 11.4. The van der Waals surface area contributed by atoms with Crippen LogP contribution in [0.15, 0.2) is 22.8 Å². The molecule has 2 aromatic rings. The quantitative estimate of drug-likeness (QED) is 0.786. The van der Waals surface area contributed by atoms with Gasteiger partial charge in [0.05, 0.1) is 10.0 Å². The molecule has 1 aromatic carbocycles. The van der Waals surface area contributed by atoms with Gasteiger partial charge in [-0.25, -0.2) is 4.39 Å². The number of anilines is 1. The number of halogens is 3. The van der Waals surface area contributed by atoms with Crippen LogP contribution in [0.25, 0.3) is 11.3 Å². The van der Waals surface area contributed by atoms with E-state index in [4.69, 9.17) is 33.4 Å². The highest BCUT2D eigenvalue weighted by Gasteiger charge is 2.12. The van der Waals surface area contributed by atoms with Gasteiger partial charge in [0.1, 0.15) is 17.8 Å². The second-order valence-corrected chi connectivity index (χ2v) is 3.63. The normalized spacial score (nSPS) is 10.6. The van der Waals surface area contributed by atoms with Crippen LogP contribution in [0, 0.1) is 5.82 Å². The third-order valence-corrected chi connectivity index (χ3v) is 2.41. The standard InChI is InChI=1S/C9H5Cl2FN2O/c10-5-2-6(11)7(12)1-4(5)8-3-15-9(13)14-8/h1-3H,(H2,13,14). The van der Waals surface area contributed by atoms with Crippen molar-refractivity contribution in [1.29, 1.82) is 0 Å². The lowest BCUT2D eigenvalue weighted by Gasteiger charge is -2.01. The predicted octanol–water partition coefficient (Wildman–Crippen LogP) is 3.37. The van der Waals surface area contributed by atoms with Crippen LogP contribution in [-0.4, -0.2) is 4.98 Å². The zero-order valence-corrected chi connectivity index (χ0v) is 8.81. The summed E-state index contributed by atoms with van der Waals surface area (Å²) in [6.45, 7) is 0. The van der Waals surface area contributed by atoms with Crippen LogP contribution in [0.4, 0.5) is 10.4 Å². The molecule has 1 heterocycles. The molecule has 0 amide bonds. The van der Waals surface area contributed by atoms with Crippen LogP contribution >= 0.6 is 23.2 Å². The van der Waals surface area contributed by atoms with Crippen molar-refractivity contribution in [3.8, 4) is 11.3 Å². The van der Waals surface area contributed by atoms with E-state index in [1.54, 1.807) is 0 Å². The Balaban J connectivity index is 2.58. The number of rotatable bonds is 1. The summed E-state index contributed by atoms with van der Waals surface area (Å²) in [6, 6.07) is 2.48. The Morgan fingerprint density at radius 1 is 1.27 bits per heavy atom. The van der Waals surface area contributed by atoms with Crippen molar-refractivity contribution < 1.29 is 8.81 Å². The third kappa shape index (κ3) is 1.91. The lowest BCUT2D eigenvalue weighted by atomic mass is 10.1. The van der Waals surface area contributed by atoms with Gasteiger partial charge in [-0.1, -0.05) is 23.2 Å². The maximum absolute atomic E-state index is 13.2. The molecule has 0 saturated carbocycles. The molecular weight excluding hydrogens is 242 g/mol. The Labute approximate surface area is 94.6 Å². The maximum atomic E-state index is 13.2. The van der Waals surface area contributed by atoms with Gasteiger partial charge in [-0.15, -0.1) is 0 Å². The van der Waals surface area contributed by atoms with Crippen molar-refractivity contribution in [2.75, 3.05) is 5.73 Å². The minimum Gasteiger partial charge on any atom is -0.432 e.